The molecule has 4 amide bonds. The first-order valence-corrected chi connectivity index (χ1v) is 11.1. The molecule has 0 saturated carbocycles. The normalized spacial score (nSPS) is 17.8. The standard InChI is InChI=1S/C26H28N4O3/c1-26(22-15-8-11-19-10-6-7-14-21(19)22)24(32)30(25(33)28-26)18-23(31)27-16-9-17-29(2)20-12-4-3-5-13-20/h3-8,10-15H,9,16-18H2,1-2H3,(H,27,31)(H,28,33). The zero-order valence-corrected chi connectivity index (χ0v) is 18.9. The Kier molecular flexibility index (Phi) is 6.31. The fourth-order valence-electron chi connectivity index (χ4n) is 4.24. The van der Waals surface area contributed by atoms with Gasteiger partial charge in [0.05, 0.1) is 0 Å². The number of hydrogen-bond donors (Lipinski definition) is 2. The van der Waals surface area contributed by atoms with Gasteiger partial charge < -0.3 is 15.5 Å². The molecule has 7 heteroatoms. The van der Waals surface area contributed by atoms with Crippen LogP contribution in [0.4, 0.5) is 10.5 Å². The van der Waals surface area contributed by atoms with Gasteiger partial charge in [-0.2, -0.15) is 0 Å². The van der Waals surface area contributed by atoms with Crippen LogP contribution in [0, 0.1) is 0 Å². The smallest absolute Gasteiger partial charge is 0.325 e. The molecule has 1 fully saturated rings. The molecule has 7 nitrogen and oxygen atoms in total. The van der Waals surface area contributed by atoms with Gasteiger partial charge >= 0.3 is 6.03 Å². The lowest BCUT2D eigenvalue weighted by Crippen LogP contribution is -2.43. The van der Waals surface area contributed by atoms with Crippen LogP contribution in [0.3, 0.4) is 0 Å². The number of imide groups is 1. The van der Waals surface area contributed by atoms with Crippen molar-refractivity contribution in [1.82, 2.24) is 15.5 Å². The maximum atomic E-state index is 13.2. The molecule has 3 aromatic carbocycles. The molecular formula is C26H28N4O3. The van der Waals surface area contributed by atoms with E-state index in [1.807, 2.05) is 79.8 Å². The molecule has 1 aliphatic rings. The van der Waals surface area contributed by atoms with Gasteiger partial charge in [0, 0.05) is 25.8 Å². The van der Waals surface area contributed by atoms with E-state index in [2.05, 4.69) is 15.5 Å². The monoisotopic (exact) mass is 444 g/mol. The Morgan fingerprint density at radius 2 is 1.70 bits per heavy atom. The highest BCUT2D eigenvalue weighted by atomic mass is 16.2. The minimum absolute atomic E-state index is 0.306. The molecule has 0 radical (unpaired) electrons. The summed E-state index contributed by atoms with van der Waals surface area (Å²) in [4.78, 5) is 41.4. The summed E-state index contributed by atoms with van der Waals surface area (Å²) >= 11 is 0. The summed E-state index contributed by atoms with van der Waals surface area (Å²) in [6.07, 6.45) is 0.741. The van der Waals surface area contributed by atoms with E-state index in [1.54, 1.807) is 6.92 Å². The Morgan fingerprint density at radius 1 is 1.00 bits per heavy atom. The van der Waals surface area contributed by atoms with Gasteiger partial charge in [-0.15, -0.1) is 0 Å². The second-order valence-electron chi connectivity index (χ2n) is 8.43. The van der Waals surface area contributed by atoms with E-state index >= 15 is 0 Å². The first-order valence-electron chi connectivity index (χ1n) is 11.1. The average molecular weight is 445 g/mol. The van der Waals surface area contributed by atoms with E-state index < -0.39 is 17.5 Å². The van der Waals surface area contributed by atoms with E-state index in [1.165, 1.54) is 0 Å². The quantitative estimate of drug-likeness (QED) is 0.413. The molecule has 1 unspecified atom stereocenters. The van der Waals surface area contributed by atoms with Gasteiger partial charge in [-0.05, 0) is 41.8 Å². The molecule has 1 heterocycles. The highest BCUT2D eigenvalue weighted by Gasteiger charge is 2.50. The fourth-order valence-corrected chi connectivity index (χ4v) is 4.24. The molecule has 0 spiro atoms. The predicted molar refractivity (Wildman–Crippen MR) is 129 cm³/mol. The molecule has 1 atom stereocenters. The van der Waals surface area contributed by atoms with Crippen LogP contribution in [0.1, 0.15) is 18.9 Å². The largest absolute Gasteiger partial charge is 0.375 e. The first kappa shape index (κ1) is 22.3. The number of nitrogens with zero attached hydrogens (tertiary/aromatic N) is 2. The third-order valence-electron chi connectivity index (χ3n) is 6.09. The second-order valence-corrected chi connectivity index (χ2v) is 8.43. The van der Waals surface area contributed by atoms with E-state index in [0.717, 1.165) is 34.3 Å². The number of carbonyl (C=O) groups excluding carboxylic acids is 3. The van der Waals surface area contributed by atoms with Crippen LogP contribution >= 0.6 is 0 Å². The van der Waals surface area contributed by atoms with Crippen molar-refractivity contribution in [1.29, 1.82) is 0 Å². The van der Waals surface area contributed by atoms with Gasteiger partial charge in [0.25, 0.3) is 5.91 Å². The summed E-state index contributed by atoms with van der Waals surface area (Å²) < 4.78 is 0. The Morgan fingerprint density at radius 3 is 2.48 bits per heavy atom. The highest BCUT2D eigenvalue weighted by molar-refractivity contribution is 6.10. The minimum atomic E-state index is -1.23. The predicted octanol–water partition coefficient (Wildman–Crippen LogP) is 3.25. The molecule has 1 aliphatic heterocycles. The number of amides is 4. The molecule has 33 heavy (non-hydrogen) atoms. The number of anilines is 1. The van der Waals surface area contributed by atoms with Crippen LogP contribution < -0.4 is 15.5 Å². The molecule has 170 valence electrons. The van der Waals surface area contributed by atoms with E-state index in [4.69, 9.17) is 0 Å². The van der Waals surface area contributed by atoms with Crippen LogP contribution in [0.15, 0.2) is 72.8 Å². The summed E-state index contributed by atoms with van der Waals surface area (Å²) in [7, 11) is 2.00. The van der Waals surface area contributed by atoms with Crippen molar-refractivity contribution in [3.05, 3.63) is 78.4 Å². The molecule has 0 aromatic heterocycles. The summed E-state index contributed by atoms with van der Waals surface area (Å²) in [6, 6.07) is 22.8. The van der Waals surface area contributed by atoms with Crippen molar-refractivity contribution in [2.45, 2.75) is 18.9 Å². The van der Waals surface area contributed by atoms with Crippen LogP contribution in [-0.2, 0) is 15.1 Å². The molecule has 0 aliphatic carbocycles. The molecular weight excluding hydrogens is 416 g/mol. The highest BCUT2D eigenvalue weighted by Crippen LogP contribution is 2.33. The topological polar surface area (TPSA) is 81.8 Å². The zero-order valence-electron chi connectivity index (χ0n) is 18.9. The van der Waals surface area contributed by atoms with E-state index in [-0.39, 0.29) is 12.5 Å². The average Bonchev–Trinajstić information content (AvgIpc) is 3.05. The van der Waals surface area contributed by atoms with Crippen molar-refractivity contribution in [2.24, 2.45) is 0 Å². The first-order chi connectivity index (χ1) is 15.9. The van der Waals surface area contributed by atoms with Crippen molar-refractivity contribution in [2.75, 3.05) is 31.6 Å². The summed E-state index contributed by atoms with van der Waals surface area (Å²) in [5, 5.41) is 7.48. The van der Waals surface area contributed by atoms with Crippen LogP contribution in [-0.4, -0.2) is 49.4 Å². The Balaban J connectivity index is 1.35. The maximum absolute atomic E-state index is 13.2. The zero-order chi connectivity index (χ0) is 23.4. The second kappa shape index (κ2) is 9.32. The van der Waals surface area contributed by atoms with Crippen molar-refractivity contribution >= 4 is 34.3 Å². The lowest BCUT2D eigenvalue weighted by atomic mass is 9.88. The van der Waals surface area contributed by atoms with E-state index in [9.17, 15) is 14.4 Å². The number of carbonyl (C=O) groups is 3. The Labute approximate surface area is 193 Å². The van der Waals surface area contributed by atoms with Gasteiger partial charge in [0.2, 0.25) is 5.91 Å². The van der Waals surface area contributed by atoms with Crippen molar-refractivity contribution in [3.8, 4) is 0 Å². The summed E-state index contributed by atoms with van der Waals surface area (Å²) in [5.41, 5.74) is 0.595. The number of fused-ring (bicyclic) bond motifs is 1. The Bertz CT molecular complexity index is 1180. The number of urea groups is 1. The van der Waals surface area contributed by atoms with Crippen LogP contribution in [0.2, 0.25) is 0 Å². The molecule has 1 saturated heterocycles. The summed E-state index contributed by atoms with van der Waals surface area (Å²) in [6.45, 7) is 2.61. The lowest BCUT2D eigenvalue weighted by molar-refractivity contribution is -0.134. The van der Waals surface area contributed by atoms with Crippen molar-refractivity contribution in [3.63, 3.8) is 0 Å². The minimum Gasteiger partial charge on any atom is -0.375 e. The molecule has 4 rings (SSSR count). The van der Waals surface area contributed by atoms with E-state index in [0.29, 0.717) is 12.1 Å². The molecule has 3 aromatic rings. The maximum Gasteiger partial charge on any atom is 0.325 e. The number of nitrogens with one attached hydrogen (secondary N) is 2. The number of para-hydroxylation sites is 1. The summed E-state index contributed by atoms with van der Waals surface area (Å²) in [5.74, 6) is -0.786. The van der Waals surface area contributed by atoms with Gasteiger partial charge in [0.15, 0.2) is 0 Å². The van der Waals surface area contributed by atoms with Crippen LogP contribution in [0.5, 0.6) is 0 Å². The van der Waals surface area contributed by atoms with Gasteiger partial charge in [-0.3, -0.25) is 14.5 Å². The third kappa shape index (κ3) is 4.53. The number of rotatable bonds is 8. The number of hydrogen-bond acceptors (Lipinski definition) is 4. The molecule has 2 N–H and O–H groups in total. The van der Waals surface area contributed by atoms with Crippen molar-refractivity contribution < 1.29 is 14.4 Å². The fraction of sp³-hybridized carbons (Fsp3) is 0.269. The van der Waals surface area contributed by atoms with Gasteiger partial charge in [-0.25, -0.2) is 4.79 Å². The van der Waals surface area contributed by atoms with Crippen LogP contribution in [0.25, 0.3) is 10.8 Å². The van der Waals surface area contributed by atoms with Gasteiger partial charge in [0.1, 0.15) is 12.1 Å². The SMILES string of the molecule is CN(CCCNC(=O)CN1C(=O)NC(C)(c2cccc3ccccc23)C1=O)c1ccccc1. The number of benzene rings is 3. The van der Waals surface area contributed by atoms with Gasteiger partial charge in [-0.1, -0.05) is 60.7 Å². The third-order valence-corrected chi connectivity index (χ3v) is 6.09. The molecule has 0 bridgehead atoms. The Hall–Kier alpha value is -3.87. The lowest BCUT2D eigenvalue weighted by Gasteiger charge is -2.24.